The van der Waals surface area contributed by atoms with Gasteiger partial charge in [-0.3, -0.25) is 0 Å². The van der Waals surface area contributed by atoms with Gasteiger partial charge in [-0.1, -0.05) is 37.9 Å². The number of ether oxygens (including phenoxy) is 1. The fourth-order valence-corrected chi connectivity index (χ4v) is 1.98. The summed E-state index contributed by atoms with van der Waals surface area (Å²) in [5.41, 5.74) is 1.14. The molecule has 1 rings (SSSR count). The molecule has 1 nitrogen and oxygen atoms in total. The standard InChI is InChI=1S/C9H9Br2O/c1-2-12-6-7-3-4-8(10)5-9(7)11/h3-5H,1-2,6H2. The van der Waals surface area contributed by atoms with E-state index in [0.29, 0.717) is 13.2 Å². The van der Waals surface area contributed by atoms with Crippen molar-refractivity contribution in [2.75, 3.05) is 6.61 Å². The molecule has 0 amide bonds. The van der Waals surface area contributed by atoms with Crippen LogP contribution in [0, 0.1) is 6.92 Å². The fraction of sp³-hybridized carbons (Fsp3) is 0.222. The lowest BCUT2D eigenvalue weighted by Crippen LogP contribution is -1.92. The van der Waals surface area contributed by atoms with Gasteiger partial charge in [-0.25, -0.2) is 0 Å². The zero-order valence-electron chi connectivity index (χ0n) is 6.52. The molecule has 0 N–H and O–H groups in total. The maximum absolute atomic E-state index is 5.18. The molecule has 3 heteroatoms. The molecule has 1 aromatic rings. The van der Waals surface area contributed by atoms with Crippen LogP contribution in [0.5, 0.6) is 0 Å². The highest BCUT2D eigenvalue weighted by molar-refractivity contribution is 9.11. The maximum atomic E-state index is 5.18. The largest absolute Gasteiger partial charge is 0.377 e. The Kier molecular flexibility index (Phi) is 4.26. The van der Waals surface area contributed by atoms with Gasteiger partial charge in [0.15, 0.2) is 0 Å². The number of hydrogen-bond donors (Lipinski definition) is 0. The van der Waals surface area contributed by atoms with Crippen LogP contribution in [0.15, 0.2) is 27.1 Å². The SMILES string of the molecule is [CH2]COCc1ccc(Br)cc1Br. The van der Waals surface area contributed by atoms with E-state index in [-0.39, 0.29) is 0 Å². The molecule has 0 heterocycles. The summed E-state index contributed by atoms with van der Waals surface area (Å²) in [7, 11) is 0. The van der Waals surface area contributed by atoms with E-state index in [9.17, 15) is 0 Å². The summed E-state index contributed by atoms with van der Waals surface area (Å²) in [6.07, 6.45) is 0. The van der Waals surface area contributed by atoms with Crippen LogP contribution in [0.4, 0.5) is 0 Å². The number of rotatable bonds is 3. The summed E-state index contributed by atoms with van der Waals surface area (Å²) in [6, 6.07) is 6.01. The highest BCUT2D eigenvalue weighted by atomic mass is 79.9. The zero-order chi connectivity index (χ0) is 8.97. The molecule has 0 aliphatic rings. The fourth-order valence-electron chi connectivity index (χ4n) is 0.821. The van der Waals surface area contributed by atoms with Crippen molar-refractivity contribution in [3.63, 3.8) is 0 Å². The van der Waals surface area contributed by atoms with E-state index in [1.165, 1.54) is 0 Å². The maximum Gasteiger partial charge on any atom is 0.0727 e. The van der Waals surface area contributed by atoms with Crippen LogP contribution in [0.1, 0.15) is 5.56 Å². The van der Waals surface area contributed by atoms with Crippen molar-refractivity contribution >= 4 is 31.9 Å². The zero-order valence-corrected chi connectivity index (χ0v) is 9.69. The topological polar surface area (TPSA) is 9.23 Å². The smallest absolute Gasteiger partial charge is 0.0727 e. The molecule has 0 unspecified atom stereocenters. The highest BCUT2D eigenvalue weighted by Crippen LogP contribution is 2.22. The summed E-state index contributed by atoms with van der Waals surface area (Å²) in [5, 5.41) is 0. The Morgan fingerprint density at radius 2 is 2.08 bits per heavy atom. The van der Waals surface area contributed by atoms with E-state index >= 15 is 0 Å². The molecule has 12 heavy (non-hydrogen) atoms. The molecule has 0 aromatic heterocycles. The van der Waals surface area contributed by atoms with Gasteiger partial charge < -0.3 is 4.74 Å². The molecule has 1 aromatic carbocycles. The molecule has 0 aliphatic carbocycles. The van der Waals surface area contributed by atoms with Gasteiger partial charge in [0.25, 0.3) is 0 Å². The van der Waals surface area contributed by atoms with Crippen LogP contribution in [0.25, 0.3) is 0 Å². The molecule has 0 saturated heterocycles. The average molecular weight is 293 g/mol. The molecular weight excluding hydrogens is 284 g/mol. The average Bonchev–Trinajstić information content (AvgIpc) is 2.03. The van der Waals surface area contributed by atoms with Gasteiger partial charge in [0.2, 0.25) is 0 Å². The second-order valence-electron chi connectivity index (χ2n) is 2.29. The summed E-state index contributed by atoms with van der Waals surface area (Å²) >= 11 is 6.83. The van der Waals surface area contributed by atoms with E-state index < -0.39 is 0 Å². The quantitative estimate of drug-likeness (QED) is 0.828. The Balaban J connectivity index is 2.72. The van der Waals surface area contributed by atoms with Gasteiger partial charge in [0.05, 0.1) is 6.61 Å². The molecular formula is C9H9Br2O. The molecule has 0 spiro atoms. The molecule has 0 atom stereocenters. The Hall–Kier alpha value is 0.140. The number of benzene rings is 1. The summed E-state index contributed by atoms with van der Waals surface area (Å²) in [6.45, 7) is 4.71. The molecule has 0 fully saturated rings. The lowest BCUT2D eigenvalue weighted by Gasteiger charge is -2.04. The van der Waals surface area contributed by atoms with Gasteiger partial charge >= 0.3 is 0 Å². The van der Waals surface area contributed by atoms with Crippen molar-refractivity contribution in [3.05, 3.63) is 39.6 Å². The summed E-state index contributed by atoms with van der Waals surface area (Å²) < 4.78 is 7.31. The van der Waals surface area contributed by atoms with Crippen LogP contribution in [0.2, 0.25) is 0 Å². The van der Waals surface area contributed by atoms with E-state index in [1.807, 2.05) is 18.2 Å². The van der Waals surface area contributed by atoms with Crippen LogP contribution in [-0.2, 0) is 11.3 Å². The van der Waals surface area contributed by atoms with E-state index in [4.69, 9.17) is 4.74 Å². The first-order valence-corrected chi connectivity index (χ1v) is 5.13. The van der Waals surface area contributed by atoms with Crippen molar-refractivity contribution in [2.24, 2.45) is 0 Å². The third-order valence-electron chi connectivity index (χ3n) is 1.42. The molecule has 1 radical (unpaired) electrons. The van der Waals surface area contributed by atoms with Gasteiger partial charge in [-0.05, 0) is 24.6 Å². The first-order valence-electron chi connectivity index (χ1n) is 3.55. The first kappa shape index (κ1) is 10.2. The summed E-state index contributed by atoms with van der Waals surface area (Å²) in [5.74, 6) is 0. The molecule has 0 bridgehead atoms. The Morgan fingerprint density at radius 3 is 2.67 bits per heavy atom. The minimum Gasteiger partial charge on any atom is -0.377 e. The van der Waals surface area contributed by atoms with Crippen molar-refractivity contribution in [1.29, 1.82) is 0 Å². The van der Waals surface area contributed by atoms with Gasteiger partial charge in [0.1, 0.15) is 0 Å². The van der Waals surface area contributed by atoms with Gasteiger partial charge in [0, 0.05) is 15.6 Å². The molecule has 65 valence electrons. The van der Waals surface area contributed by atoms with E-state index in [2.05, 4.69) is 38.8 Å². The third-order valence-corrected chi connectivity index (χ3v) is 2.65. The molecule has 0 saturated carbocycles. The van der Waals surface area contributed by atoms with Crippen molar-refractivity contribution in [3.8, 4) is 0 Å². The number of halogens is 2. The number of hydrogen-bond acceptors (Lipinski definition) is 1. The lowest BCUT2D eigenvalue weighted by molar-refractivity contribution is 0.147. The van der Waals surface area contributed by atoms with Crippen LogP contribution in [-0.4, -0.2) is 6.61 Å². The van der Waals surface area contributed by atoms with Gasteiger partial charge in [-0.2, -0.15) is 0 Å². The minimum atomic E-state index is 0.502. The Labute approximate surface area is 89.4 Å². The Morgan fingerprint density at radius 1 is 1.33 bits per heavy atom. The van der Waals surface area contributed by atoms with Gasteiger partial charge in [-0.15, -0.1) is 0 Å². The predicted molar refractivity (Wildman–Crippen MR) is 56.9 cm³/mol. The van der Waals surface area contributed by atoms with Crippen LogP contribution in [0.3, 0.4) is 0 Å². The third kappa shape index (κ3) is 2.88. The van der Waals surface area contributed by atoms with Crippen molar-refractivity contribution < 1.29 is 4.74 Å². The second kappa shape index (κ2) is 5.00. The van der Waals surface area contributed by atoms with E-state index in [1.54, 1.807) is 0 Å². The van der Waals surface area contributed by atoms with E-state index in [0.717, 1.165) is 14.5 Å². The second-order valence-corrected chi connectivity index (χ2v) is 4.06. The van der Waals surface area contributed by atoms with Crippen molar-refractivity contribution in [2.45, 2.75) is 6.61 Å². The minimum absolute atomic E-state index is 0.502. The lowest BCUT2D eigenvalue weighted by atomic mass is 10.2. The van der Waals surface area contributed by atoms with Crippen LogP contribution < -0.4 is 0 Å². The Bertz CT molecular complexity index is 261. The highest BCUT2D eigenvalue weighted by Gasteiger charge is 1.99. The van der Waals surface area contributed by atoms with Crippen molar-refractivity contribution in [1.82, 2.24) is 0 Å². The van der Waals surface area contributed by atoms with Crippen LogP contribution >= 0.6 is 31.9 Å². The molecule has 0 aliphatic heterocycles. The predicted octanol–water partition coefficient (Wildman–Crippen LogP) is 3.56. The summed E-state index contributed by atoms with van der Waals surface area (Å²) in [4.78, 5) is 0. The monoisotopic (exact) mass is 291 g/mol. The normalized spacial score (nSPS) is 10.2. The first-order chi connectivity index (χ1) is 5.74.